The number of rotatable bonds is 5. The first-order chi connectivity index (χ1) is 8.27. The van der Waals surface area contributed by atoms with Gasteiger partial charge in [-0.1, -0.05) is 19.9 Å². The molecule has 1 aromatic carbocycles. The lowest BCUT2D eigenvalue weighted by Gasteiger charge is -2.20. The summed E-state index contributed by atoms with van der Waals surface area (Å²) in [7, 11) is -3.70. The van der Waals surface area contributed by atoms with Gasteiger partial charge < -0.3 is 10.8 Å². The molecule has 0 amide bonds. The summed E-state index contributed by atoms with van der Waals surface area (Å²) in [6.07, 6.45) is 0. The van der Waals surface area contributed by atoms with Gasteiger partial charge in [-0.2, -0.15) is 0 Å². The molecule has 4 N–H and O–H groups in total. The third-order valence-electron chi connectivity index (χ3n) is 2.76. The number of aryl methyl sites for hydroxylation is 1. The number of nitrogens with one attached hydrogen (secondary N) is 1. The standard InChI is InChI=1S/C12H20N2O3S/c1-8(2)11(7-15)14-18(16,17)12-5-4-9(3)6-10(12)13/h4-6,8,11,14-15H,7,13H2,1-3H3. The Morgan fingerprint density at radius 2 is 2.00 bits per heavy atom. The van der Waals surface area contributed by atoms with Crippen LogP contribution in [-0.2, 0) is 10.0 Å². The van der Waals surface area contributed by atoms with Gasteiger partial charge in [0.05, 0.1) is 12.3 Å². The average Bonchev–Trinajstić information content (AvgIpc) is 2.24. The lowest BCUT2D eigenvalue weighted by Crippen LogP contribution is -2.41. The highest BCUT2D eigenvalue weighted by molar-refractivity contribution is 7.89. The molecule has 1 unspecified atom stereocenters. The summed E-state index contributed by atoms with van der Waals surface area (Å²) in [5.41, 5.74) is 6.83. The van der Waals surface area contributed by atoms with Crippen LogP contribution in [-0.4, -0.2) is 26.2 Å². The number of aliphatic hydroxyl groups is 1. The number of benzene rings is 1. The molecule has 0 aliphatic carbocycles. The van der Waals surface area contributed by atoms with Crippen LogP contribution < -0.4 is 10.5 Å². The highest BCUT2D eigenvalue weighted by Crippen LogP contribution is 2.20. The van der Waals surface area contributed by atoms with Crippen molar-refractivity contribution >= 4 is 15.7 Å². The first-order valence-corrected chi connectivity index (χ1v) is 7.25. The van der Waals surface area contributed by atoms with Crippen molar-refractivity contribution in [3.8, 4) is 0 Å². The van der Waals surface area contributed by atoms with Crippen molar-refractivity contribution in [3.05, 3.63) is 23.8 Å². The second-order valence-electron chi connectivity index (χ2n) is 4.70. The molecule has 0 fully saturated rings. The normalized spacial score (nSPS) is 13.8. The Morgan fingerprint density at radius 3 is 2.44 bits per heavy atom. The van der Waals surface area contributed by atoms with Gasteiger partial charge >= 0.3 is 0 Å². The van der Waals surface area contributed by atoms with Gasteiger partial charge in [-0.3, -0.25) is 0 Å². The van der Waals surface area contributed by atoms with Gasteiger partial charge in [0.1, 0.15) is 4.90 Å². The topological polar surface area (TPSA) is 92.4 Å². The Hall–Kier alpha value is -1.11. The van der Waals surface area contributed by atoms with E-state index in [1.54, 1.807) is 12.1 Å². The summed E-state index contributed by atoms with van der Waals surface area (Å²) in [4.78, 5) is 0.0483. The van der Waals surface area contributed by atoms with Gasteiger partial charge in [0.15, 0.2) is 0 Å². The van der Waals surface area contributed by atoms with Crippen molar-refractivity contribution < 1.29 is 13.5 Å². The molecule has 1 atom stereocenters. The molecule has 5 nitrogen and oxygen atoms in total. The molecule has 6 heteroatoms. The third kappa shape index (κ3) is 3.44. The second-order valence-corrected chi connectivity index (χ2v) is 6.38. The van der Waals surface area contributed by atoms with Crippen LogP contribution in [0.15, 0.2) is 23.1 Å². The highest BCUT2D eigenvalue weighted by Gasteiger charge is 2.23. The number of aliphatic hydroxyl groups excluding tert-OH is 1. The monoisotopic (exact) mass is 272 g/mol. The van der Waals surface area contributed by atoms with Crippen molar-refractivity contribution in [2.24, 2.45) is 5.92 Å². The van der Waals surface area contributed by atoms with Gasteiger partial charge in [-0.25, -0.2) is 13.1 Å². The van der Waals surface area contributed by atoms with Crippen molar-refractivity contribution in [2.45, 2.75) is 31.7 Å². The zero-order valence-corrected chi connectivity index (χ0v) is 11.7. The fourth-order valence-corrected chi connectivity index (χ4v) is 3.05. The number of anilines is 1. The highest BCUT2D eigenvalue weighted by atomic mass is 32.2. The van der Waals surface area contributed by atoms with E-state index in [0.29, 0.717) is 0 Å². The largest absolute Gasteiger partial charge is 0.398 e. The Bertz CT molecular complexity index is 512. The van der Waals surface area contributed by atoms with Crippen molar-refractivity contribution in [2.75, 3.05) is 12.3 Å². The first kappa shape index (κ1) is 14.9. The first-order valence-electron chi connectivity index (χ1n) is 5.77. The van der Waals surface area contributed by atoms with E-state index >= 15 is 0 Å². The van der Waals surface area contributed by atoms with Crippen LogP contribution in [0.4, 0.5) is 5.69 Å². The molecule has 0 aliphatic heterocycles. The van der Waals surface area contributed by atoms with E-state index in [-0.39, 0.29) is 23.1 Å². The Labute approximate surface area is 108 Å². The fourth-order valence-electron chi connectivity index (χ4n) is 1.56. The van der Waals surface area contributed by atoms with Crippen LogP contribution in [0, 0.1) is 12.8 Å². The zero-order chi connectivity index (χ0) is 13.9. The molecule has 0 saturated carbocycles. The van der Waals surface area contributed by atoms with Crippen molar-refractivity contribution in [1.29, 1.82) is 0 Å². The smallest absolute Gasteiger partial charge is 0.242 e. The number of hydrogen-bond donors (Lipinski definition) is 3. The van der Waals surface area contributed by atoms with E-state index < -0.39 is 16.1 Å². The molecule has 1 rings (SSSR count). The second kappa shape index (κ2) is 5.69. The molecule has 0 heterocycles. The van der Waals surface area contributed by atoms with Crippen LogP contribution in [0.3, 0.4) is 0 Å². The van der Waals surface area contributed by atoms with E-state index in [2.05, 4.69) is 4.72 Å². The van der Waals surface area contributed by atoms with Gasteiger partial charge in [0.2, 0.25) is 10.0 Å². The van der Waals surface area contributed by atoms with Crippen molar-refractivity contribution in [3.63, 3.8) is 0 Å². The van der Waals surface area contributed by atoms with Gasteiger partial charge in [-0.05, 0) is 30.5 Å². The van der Waals surface area contributed by atoms with Gasteiger partial charge in [-0.15, -0.1) is 0 Å². The zero-order valence-electron chi connectivity index (χ0n) is 10.8. The molecule has 0 aliphatic rings. The Balaban J connectivity index is 3.06. The quantitative estimate of drug-likeness (QED) is 0.694. The van der Waals surface area contributed by atoms with Crippen LogP contribution in [0.25, 0.3) is 0 Å². The summed E-state index contributed by atoms with van der Waals surface area (Å²) in [5.74, 6) is -0.00329. The minimum absolute atomic E-state index is 0.00329. The molecular weight excluding hydrogens is 252 g/mol. The predicted molar refractivity (Wildman–Crippen MR) is 71.6 cm³/mol. The molecule has 102 valence electrons. The molecule has 18 heavy (non-hydrogen) atoms. The van der Waals surface area contributed by atoms with Crippen LogP contribution in [0.2, 0.25) is 0 Å². The summed E-state index contributed by atoms with van der Waals surface area (Å²) in [6.45, 7) is 5.26. The fraction of sp³-hybridized carbons (Fsp3) is 0.500. The van der Waals surface area contributed by atoms with Gasteiger partial charge in [0.25, 0.3) is 0 Å². The molecule has 0 aromatic heterocycles. The minimum atomic E-state index is -3.70. The molecular formula is C12H20N2O3S. The maximum atomic E-state index is 12.1. The minimum Gasteiger partial charge on any atom is -0.398 e. The maximum Gasteiger partial charge on any atom is 0.242 e. The van der Waals surface area contributed by atoms with Crippen LogP contribution >= 0.6 is 0 Å². The van der Waals surface area contributed by atoms with Crippen molar-refractivity contribution in [1.82, 2.24) is 4.72 Å². The molecule has 0 spiro atoms. The molecule has 0 radical (unpaired) electrons. The van der Waals surface area contributed by atoms with E-state index in [4.69, 9.17) is 10.8 Å². The number of hydrogen-bond acceptors (Lipinski definition) is 4. The van der Waals surface area contributed by atoms with Crippen LogP contribution in [0.5, 0.6) is 0 Å². The average molecular weight is 272 g/mol. The van der Waals surface area contributed by atoms with Gasteiger partial charge in [0, 0.05) is 6.04 Å². The Kier molecular flexibility index (Phi) is 4.72. The van der Waals surface area contributed by atoms with E-state index in [1.165, 1.54) is 6.07 Å². The predicted octanol–water partition coefficient (Wildman–Crippen LogP) is 0.872. The molecule has 0 saturated heterocycles. The number of sulfonamides is 1. The number of nitrogens with two attached hydrogens (primary N) is 1. The Morgan fingerprint density at radius 1 is 1.39 bits per heavy atom. The SMILES string of the molecule is Cc1ccc(S(=O)(=O)NC(CO)C(C)C)c(N)c1. The lowest BCUT2D eigenvalue weighted by molar-refractivity contribution is 0.227. The molecule has 0 bridgehead atoms. The van der Waals surface area contributed by atoms with E-state index in [0.717, 1.165) is 5.56 Å². The maximum absolute atomic E-state index is 12.1. The summed E-state index contributed by atoms with van der Waals surface area (Å²) in [5, 5.41) is 9.16. The van der Waals surface area contributed by atoms with Crippen LogP contribution in [0.1, 0.15) is 19.4 Å². The van der Waals surface area contributed by atoms with E-state index in [9.17, 15) is 8.42 Å². The molecule has 1 aromatic rings. The lowest BCUT2D eigenvalue weighted by atomic mass is 10.1. The summed E-state index contributed by atoms with van der Waals surface area (Å²) >= 11 is 0. The number of nitrogen functional groups attached to an aromatic ring is 1. The van der Waals surface area contributed by atoms with E-state index in [1.807, 2.05) is 20.8 Å². The third-order valence-corrected chi connectivity index (χ3v) is 4.33. The summed E-state index contributed by atoms with van der Waals surface area (Å²) in [6, 6.07) is 4.25. The summed E-state index contributed by atoms with van der Waals surface area (Å²) < 4.78 is 26.7.